The van der Waals surface area contributed by atoms with Crippen molar-refractivity contribution in [1.82, 2.24) is 5.32 Å². The van der Waals surface area contributed by atoms with Crippen molar-refractivity contribution in [2.75, 3.05) is 6.54 Å². The zero-order valence-corrected chi connectivity index (χ0v) is 11.9. The smallest absolute Gasteiger partial charge is 0.308 e. The van der Waals surface area contributed by atoms with Crippen LogP contribution in [0.2, 0.25) is 0 Å². The molecule has 1 N–H and O–H groups in total. The first-order valence-corrected chi connectivity index (χ1v) is 7.71. The van der Waals surface area contributed by atoms with Gasteiger partial charge in [0.15, 0.2) is 0 Å². The number of carbonyl (C=O) groups is 2. The normalized spacial score (nSPS) is 37.5. The molecule has 4 aliphatic carbocycles. The summed E-state index contributed by atoms with van der Waals surface area (Å²) in [5.41, 5.74) is -0.172. The van der Waals surface area contributed by atoms with E-state index >= 15 is 0 Å². The molecule has 4 fully saturated rings. The van der Waals surface area contributed by atoms with Crippen LogP contribution >= 0.6 is 0 Å². The predicted octanol–water partition coefficient (Wildman–Crippen LogP) is 2.19. The van der Waals surface area contributed by atoms with Crippen LogP contribution in [0.15, 0.2) is 12.7 Å². The third-order valence-electron chi connectivity index (χ3n) is 5.13. The number of rotatable bonds is 5. The zero-order chi connectivity index (χ0) is 14.2. The summed E-state index contributed by atoms with van der Waals surface area (Å²) in [6.45, 7) is 3.71. The highest BCUT2D eigenvalue weighted by atomic mass is 16.6. The lowest BCUT2D eigenvalue weighted by Gasteiger charge is -2.55. The summed E-state index contributed by atoms with van der Waals surface area (Å²) in [4.78, 5) is 23.0. The third-order valence-corrected chi connectivity index (χ3v) is 5.13. The number of carbonyl (C=O) groups excluding carboxylic acids is 2. The highest BCUT2D eigenvalue weighted by Crippen LogP contribution is 2.57. The van der Waals surface area contributed by atoms with E-state index in [0.717, 1.165) is 37.0 Å². The molecule has 4 heteroatoms. The van der Waals surface area contributed by atoms with Crippen LogP contribution in [0.4, 0.5) is 0 Å². The number of esters is 1. The summed E-state index contributed by atoms with van der Waals surface area (Å²) in [5, 5.41) is 2.61. The summed E-state index contributed by atoms with van der Waals surface area (Å²) in [6.07, 6.45) is 8.66. The highest BCUT2D eigenvalue weighted by Gasteiger charge is 2.53. The Morgan fingerprint density at radius 1 is 1.15 bits per heavy atom. The van der Waals surface area contributed by atoms with Gasteiger partial charge in [-0.05, 0) is 62.4 Å². The SMILES string of the molecule is C=CC(=O)NCCC(=O)OC12CC3CC(CC(C3)C1)C2. The molecule has 20 heavy (non-hydrogen) atoms. The largest absolute Gasteiger partial charge is 0.459 e. The summed E-state index contributed by atoms with van der Waals surface area (Å²) in [5.74, 6) is 1.91. The van der Waals surface area contributed by atoms with Crippen LogP contribution in [0.5, 0.6) is 0 Å². The minimum absolute atomic E-state index is 0.170. The van der Waals surface area contributed by atoms with Crippen LogP contribution in [0.1, 0.15) is 44.9 Å². The molecule has 110 valence electrons. The molecule has 0 saturated heterocycles. The van der Waals surface area contributed by atoms with E-state index < -0.39 is 0 Å². The number of hydrogen-bond acceptors (Lipinski definition) is 3. The molecular weight excluding hydrogens is 254 g/mol. The van der Waals surface area contributed by atoms with Crippen molar-refractivity contribution in [2.45, 2.75) is 50.5 Å². The van der Waals surface area contributed by atoms with Crippen LogP contribution in [0.25, 0.3) is 0 Å². The summed E-state index contributed by atoms with van der Waals surface area (Å²) < 4.78 is 5.85. The Bertz CT molecular complexity index is 394. The second kappa shape index (κ2) is 5.23. The molecule has 0 radical (unpaired) electrons. The van der Waals surface area contributed by atoms with Gasteiger partial charge in [-0.15, -0.1) is 0 Å². The van der Waals surface area contributed by atoms with Gasteiger partial charge in [0, 0.05) is 6.54 Å². The highest BCUT2D eigenvalue weighted by molar-refractivity contribution is 5.87. The van der Waals surface area contributed by atoms with Crippen molar-refractivity contribution in [3.8, 4) is 0 Å². The molecule has 0 unspecified atom stereocenters. The van der Waals surface area contributed by atoms with Gasteiger partial charge in [-0.25, -0.2) is 0 Å². The maximum atomic E-state index is 12.0. The van der Waals surface area contributed by atoms with E-state index in [1.54, 1.807) is 0 Å². The average molecular weight is 277 g/mol. The summed E-state index contributed by atoms with van der Waals surface area (Å²) >= 11 is 0. The molecule has 0 heterocycles. The molecule has 0 atom stereocenters. The van der Waals surface area contributed by atoms with Crippen molar-refractivity contribution >= 4 is 11.9 Å². The minimum atomic E-state index is -0.243. The van der Waals surface area contributed by atoms with E-state index in [9.17, 15) is 9.59 Å². The fourth-order valence-corrected chi connectivity index (χ4v) is 4.81. The first-order chi connectivity index (χ1) is 9.58. The van der Waals surface area contributed by atoms with E-state index in [1.807, 2.05) is 0 Å². The van der Waals surface area contributed by atoms with Crippen LogP contribution in [0.3, 0.4) is 0 Å². The quantitative estimate of drug-likeness (QED) is 0.619. The lowest BCUT2D eigenvalue weighted by molar-refractivity contribution is -0.186. The fraction of sp³-hybridized carbons (Fsp3) is 0.750. The van der Waals surface area contributed by atoms with Crippen molar-refractivity contribution in [3.05, 3.63) is 12.7 Å². The van der Waals surface area contributed by atoms with Gasteiger partial charge in [0.2, 0.25) is 5.91 Å². The van der Waals surface area contributed by atoms with Gasteiger partial charge < -0.3 is 10.1 Å². The van der Waals surface area contributed by atoms with Crippen LogP contribution < -0.4 is 5.32 Å². The molecule has 0 aromatic carbocycles. The van der Waals surface area contributed by atoms with E-state index in [0.29, 0.717) is 6.54 Å². The minimum Gasteiger partial charge on any atom is -0.459 e. The second-order valence-electron chi connectivity index (χ2n) is 6.82. The molecular formula is C16H23NO3. The van der Waals surface area contributed by atoms with Gasteiger partial charge in [0.25, 0.3) is 0 Å². The second-order valence-corrected chi connectivity index (χ2v) is 6.82. The molecule has 1 amide bonds. The zero-order valence-electron chi connectivity index (χ0n) is 11.9. The standard InChI is InChI=1S/C16H23NO3/c1-2-14(18)17-4-3-15(19)20-16-8-11-5-12(9-16)7-13(6-11)10-16/h2,11-13H,1,3-10H2,(H,17,18). The van der Waals surface area contributed by atoms with Crippen LogP contribution in [-0.4, -0.2) is 24.0 Å². The first-order valence-electron chi connectivity index (χ1n) is 7.71. The third kappa shape index (κ3) is 2.74. The van der Waals surface area contributed by atoms with Crippen LogP contribution in [0, 0.1) is 17.8 Å². The van der Waals surface area contributed by atoms with Crippen molar-refractivity contribution in [2.24, 2.45) is 17.8 Å². The first kappa shape index (κ1) is 13.7. The fourth-order valence-electron chi connectivity index (χ4n) is 4.81. The van der Waals surface area contributed by atoms with Crippen molar-refractivity contribution in [1.29, 1.82) is 0 Å². The van der Waals surface area contributed by atoms with Gasteiger partial charge in [-0.1, -0.05) is 6.58 Å². The molecule has 4 aliphatic rings. The van der Waals surface area contributed by atoms with Gasteiger partial charge in [0.05, 0.1) is 6.42 Å². The lowest BCUT2D eigenvalue weighted by Crippen LogP contribution is -2.52. The Balaban J connectivity index is 1.51. The van der Waals surface area contributed by atoms with Gasteiger partial charge >= 0.3 is 5.97 Å². The topological polar surface area (TPSA) is 55.4 Å². The Morgan fingerprint density at radius 2 is 1.70 bits per heavy atom. The number of ether oxygens (including phenoxy) is 1. The van der Waals surface area contributed by atoms with E-state index in [4.69, 9.17) is 4.74 Å². The Hall–Kier alpha value is -1.32. The lowest BCUT2D eigenvalue weighted by atomic mass is 9.54. The summed E-state index contributed by atoms with van der Waals surface area (Å²) in [7, 11) is 0. The van der Waals surface area contributed by atoms with Gasteiger partial charge in [0.1, 0.15) is 5.60 Å². The molecule has 4 saturated carbocycles. The Kier molecular flexibility index (Phi) is 3.57. The molecule has 4 nitrogen and oxygen atoms in total. The van der Waals surface area contributed by atoms with E-state index in [2.05, 4.69) is 11.9 Å². The van der Waals surface area contributed by atoms with Gasteiger partial charge in [-0.3, -0.25) is 9.59 Å². The maximum Gasteiger partial charge on any atom is 0.308 e. The monoisotopic (exact) mass is 277 g/mol. The summed E-state index contributed by atoms with van der Waals surface area (Å²) in [6, 6.07) is 0. The molecule has 4 rings (SSSR count). The van der Waals surface area contributed by atoms with Crippen molar-refractivity contribution in [3.63, 3.8) is 0 Å². The van der Waals surface area contributed by atoms with Crippen LogP contribution in [-0.2, 0) is 14.3 Å². The molecule has 0 aliphatic heterocycles. The maximum absolute atomic E-state index is 12.0. The van der Waals surface area contributed by atoms with Gasteiger partial charge in [-0.2, -0.15) is 0 Å². The number of nitrogens with one attached hydrogen (secondary N) is 1. The molecule has 0 aromatic heterocycles. The molecule has 0 spiro atoms. The Labute approximate surface area is 119 Å². The molecule has 4 bridgehead atoms. The predicted molar refractivity (Wildman–Crippen MR) is 74.8 cm³/mol. The van der Waals surface area contributed by atoms with E-state index in [1.165, 1.54) is 25.3 Å². The van der Waals surface area contributed by atoms with Crippen molar-refractivity contribution < 1.29 is 14.3 Å². The molecule has 0 aromatic rings. The number of amides is 1. The Morgan fingerprint density at radius 3 is 2.20 bits per heavy atom. The van der Waals surface area contributed by atoms with E-state index in [-0.39, 0.29) is 23.9 Å². The average Bonchev–Trinajstić information content (AvgIpc) is 2.36. The number of hydrogen-bond donors (Lipinski definition) is 1.